The van der Waals surface area contributed by atoms with E-state index < -0.39 is 0 Å². The predicted molar refractivity (Wildman–Crippen MR) is 87.8 cm³/mol. The summed E-state index contributed by atoms with van der Waals surface area (Å²) in [5.41, 5.74) is 7.58. The quantitative estimate of drug-likeness (QED) is 0.630. The summed E-state index contributed by atoms with van der Waals surface area (Å²) in [5.74, 6) is 0.682. The minimum atomic E-state index is -0.202. The first-order chi connectivity index (χ1) is 11.1. The van der Waals surface area contributed by atoms with E-state index in [0.29, 0.717) is 24.5 Å². The summed E-state index contributed by atoms with van der Waals surface area (Å²) >= 11 is 0. The fourth-order valence-corrected chi connectivity index (χ4v) is 3.42. The molecule has 0 amide bonds. The van der Waals surface area contributed by atoms with E-state index in [1.807, 2.05) is 18.2 Å². The van der Waals surface area contributed by atoms with Crippen LogP contribution in [0.3, 0.4) is 0 Å². The number of hydrogen-bond acceptors (Lipinski definition) is 7. The number of nitrogens with zero attached hydrogens (tertiary/aromatic N) is 2. The zero-order chi connectivity index (χ0) is 16.4. The van der Waals surface area contributed by atoms with Crippen molar-refractivity contribution in [3.63, 3.8) is 0 Å². The van der Waals surface area contributed by atoms with Crippen molar-refractivity contribution in [3.05, 3.63) is 18.2 Å². The summed E-state index contributed by atoms with van der Waals surface area (Å²) in [4.78, 5) is 4.41. The van der Waals surface area contributed by atoms with Crippen LogP contribution in [0.4, 0.5) is 11.4 Å². The SMILES string of the molecule is COc1cc(N2CC3CN(C(CO)CO)CC(C2)O3)ccc1N. The Kier molecular flexibility index (Phi) is 4.91. The van der Waals surface area contributed by atoms with E-state index in [0.717, 1.165) is 18.8 Å². The molecular weight excluding hydrogens is 298 g/mol. The maximum Gasteiger partial charge on any atom is 0.143 e. The largest absolute Gasteiger partial charge is 0.495 e. The van der Waals surface area contributed by atoms with Crippen LogP contribution in [0.2, 0.25) is 0 Å². The topological polar surface area (TPSA) is 91.4 Å². The number of hydrogen-bond donors (Lipinski definition) is 3. The Morgan fingerprint density at radius 1 is 1.22 bits per heavy atom. The Balaban J connectivity index is 1.71. The van der Waals surface area contributed by atoms with Gasteiger partial charge in [0.05, 0.1) is 44.3 Å². The number of rotatable bonds is 5. The third-order valence-electron chi connectivity index (χ3n) is 4.63. The number of nitrogens with two attached hydrogens (primary N) is 1. The van der Waals surface area contributed by atoms with Crippen molar-refractivity contribution in [2.75, 3.05) is 57.1 Å². The van der Waals surface area contributed by atoms with E-state index in [9.17, 15) is 10.2 Å². The van der Waals surface area contributed by atoms with Crippen molar-refractivity contribution >= 4 is 11.4 Å². The molecule has 128 valence electrons. The molecule has 0 radical (unpaired) electrons. The molecule has 7 nitrogen and oxygen atoms in total. The molecule has 0 saturated carbocycles. The second kappa shape index (κ2) is 6.92. The van der Waals surface area contributed by atoms with Crippen molar-refractivity contribution < 1.29 is 19.7 Å². The summed E-state index contributed by atoms with van der Waals surface area (Å²) in [7, 11) is 1.62. The monoisotopic (exact) mass is 323 g/mol. The van der Waals surface area contributed by atoms with Gasteiger partial charge in [0, 0.05) is 37.9 Å². The van der Waals surface area contributed by atoms with Crippen LogP contribution in [0, 0.1) is 0 Å². The Bertz CT molecular complexity index is 524. The van der Waals surface area contributed by atoms with Crippen LogP contribution < -0.4 is 15.4 Å². The molecule has 2 bridgehead atoms. The van der Waals surface area contributed by atoms with Crippen molar-refractivity contribution in [1.82, 2.24) is 4.90 Å². The van der Waals surface area contributed by atoms with Gasteiger partial charge < -0.3 is 30.3 Å². The number of morpholine rings is 2. The number of fused-ring (bicyclic) bond motifs is 2. The number of methoxy groups -OCH3 is 1. The highest BCUT2D eigenvalue weighted by Gasteiger charge is 2.37. The first kappa shape index (κ1) is 16.3. The second-order valence-electron chi connectivity index (χ2n) is 6.18. The second-order valence-corrected chi connectivity index (χ2v) is 6.18. The van der Waals surface area contributed by atoms with Crippen LogP contribution in [0.1, 0.15) is 0 Å². The Morgan fingerprint density at radius 2 is 1.87 bits per heavy atom. The lowest BCUT2D eigenvalue weighted by atomic mass is 10.1. The summed E-state index contributed by atoms with van der Waals surface area (Å²) in [6, 6.07) is 5.62. The van der Waals surface area contributed by atoms with Crippen LogP contribution in [0.25, 0.3) is 0 Å². The highest BCUT2D eigenvalue weighted by molar-refractivity contribution is 5.62. The molecule has 1 aromatic rings. The lowest BCUT2D eigenvalue weighted by Gasteiger charge is -2.48. The van der Waals surface area contributed by atoms with Crippen LogP contribution in [-0.4, -0.2) is 79.9 Å². The lowest BCUT2D eigenvalue weighted by molar-refractivity contribution is -0.113. The number of benzene rings is 1. The van der Waals surface area contributed by atoms with E-state index in [4.69, 9.17) is 15.2 Å². The van der Waals surface area contributed by atoms with Gasteiger partial charge in [-0.3, -0.25) is 4.90 Å². The van der Waals surface area contributed by atoms with E-state index >= 15 is 0 Å². The Hall–Kier alpha value is -1.54. The fraction of sp³-hybridized carbons (Fsp3) is 0.625. The molecule has 2 atom stereocenters. The first-order valence-corrected chi connectivity index (χ1v) is 7.94. The molecule has 2 aliphatic rings. The average Bonchev–Trinajstić information content (AvgIpc) is 2.55. The lowest BCUT2D eigenvalue weighted by Crippen LogP contribution is -2.62. The van der Waals surface area contributed by atoms with E-state index in [2.05, 4.69) is 9.80 Å². The van der Waals surface area contributed by atoms with Gasteiger partial charge in [0.25, 0.3) is 0 Å². The molecule has 0 aliphatic carbocycles. The van der Waals surface area contributed by atoms with E-state index in [1.165, 1.54) is 0 Å². The maximum atomic E-state index is 9.38. The predicted octanol–water partition coefficient (Wildman–Crippen LogP) is -0.480. The van der Waals surface area contributed by atoms with Gasteiger partial charge in [-0.1, -0.05) is 0 Å². The fourth-order valence-electron chi connectivity index (χ4n) is 3.42. The van der Waals surface area contributed by atoms with Crippen LogP contribution in [-0.2, 0) is 4.74 Å². The zero-order valence-electron chi connectivity index (χ0n) is 13.4. The summed E-state index contributed by atoms with van der Waals surface area (Å²) in [6.45, 7) is 2.90. The van der Waals surface area contributed by atoms with Crippen molar-refractivity contribution in [3.8, 4) is 5.75 Å². The molecule has 2 saturated heterocycles. The third-order valence-corrected chi connectivity index (χ3v) is 4.63. The van der Waals surface area contributed by atoms with Crippen LogP contribution >= 0.6 is 0 Å². The summed E-state index contributed by atoms with van der Waals surface area (Å²) < 4.78 is 11.3. The smallest absolute Gasteiger partial charge is 0.143 e. The standard InChI is InChI=1S/C16H25N3O4/c1-22-16-4-11(2-3-15(16)17)18-5-13-7-19(12(9-20)10-21)8-14(6-18)23-13/h2-4,12-14,20-21H,5-10,17H2,1H3. The highest BCUT2D eigenvalue weighted by atomic mass is 16.5. The van der Waals surface area contributed by atoms with Gasteiger partial charge in [-0.2, -0.15) is 0 Å². The minimum absolute atomic E-state index is 0.0329. The molecule has 2 fully saturated rings. The molecule has 2 unspecified atom stereocenters. The molecule has 23 heavy (non-hydrogen) atoms. The molecule has 2 heterocycles. The minimum Gasteiger partial charge on any atom is -0.495 e. The normalized spacial score (nSPS) is 25.0. The van der Waals surface area contributed by atoms with Gasteiger partial charge in [0.15, 0.2) is 0 Å². The third kappa shape index (κ3) is 3.37. The maximum absolute atomic E-state index is 9.38. The van der Waals surface area contributed by atoms with Crippen molar-refractivity contribution in [1.29, 1.82) is 0 Å². The number of nitrogen functional groups attached to an aromatic ring is 1. The number of ether oxygens (including phenoxy) is 2. The first-order valence-electron chi connectivity index (χ1n) is 7.94. The van der Waals surface area contributed by atoms with Crippen molar-refractivity contribution in [2.24, 2.45) is 0 Å². The molecule has 1 aromatic carbocycles. The average molecular weight is 323 g/mol. The van der Waals surface area contributed by atoms with Gasteiger partial charge in [-0.25, -0.2) is 0 Å². The molecular formula is C16H25N3O4. The van der Waals surface area contributed by atoms with Gasteiger partial charge in [-0.15, -0.1) is 0 Å². The Morgan fingerprint density at radius 3 is 2.43 bits per heavy atom. The van der Waals surface area contributed by atoms with E-state index in [-0.39, 0.29) is 31.5 Å². The molecule has 4 N–H and O–H groups in total. The summed E-state index contributed by atoms with van der Waals surface area (Å²) in [6.07, 6.45) is 0.123. The van der Waals surface area contributed by atoms with Crippen molar-refractivity contribution in [2.45, 2.75) is 18.2 Å². The number of anilines is 2. The van der Waals surface area contributed by atoms with Gasteiger partial charge >= 0.3 is 0 Å². The van der Waals surface area contributed by atoms with Gasteiger partial charge in [-0.05, 0) is 12.1 Å². The molecule has 3 rings (SSSR count). The summed E-state index contributed by atoms with van der Waals surface area (Å²) in [5, 5.41) is 18.8. The number of aliphatic hydroxyl groups is 2. The van der Waals surface area contributed by atoms with Gasteiger partial charge in [0.1, 0.15) is 5.75 Å². The number of aliphatic hydroxyl groups excluding tert-OH is 2. The van der Waals surface area contributed by atoms with Gasteiger partial charge in [0.2, 0.25) is 0 Å². The highest BCUT2D eigenvalue weighted by Crippen LogP contribution is 2.30. The molecule has 0 spiro atoms. The van der Waals surface area contributed by atoms with Crippen LogP contribution in [0.5, 0.6) is 5.75 Å². The Labute approximate surface area is 136 Å². The zero-order valence-corrected chi connectivity index (χ0v) is 13.4. The molecule has 2 aliphatic heterocycles. The van der Waals surface area contributed by atoms with E-state index in [1.54, 1.807) is 7.11 Å². The molecule has 7 heteroatoms. The van der Waals surface area contributed by atoms with Crippen LogP contribution in [0.15, 0.2) is 18.2 Å². The molecule has 0 aromatic heterocycles.